The van der Waals surface area contributed by atoms with Gasteiger partial charge in [-0.15, -0.1) is 0 Å². The Labute approximate surface area is 124 Å². The molecule has 0 atom stereocenters. The summed E-state index contributed by atoms with van der Waals surface area (Å²) in [5.74, 6) is -0.218. The van der Waals surface area contributed by atoms with Crippen molar-refractivity contribution >= 4 is 15.9 Å². The van der Waals surface area contributed by atoms with Gasteiger partial charge in [0.2, 0.25) is 10.0 Å². The maximum Gasteiger partial charge on any atom is 0.267 e. The molecule has 0 aliphatic heterocycles. The molecule has 0 bridgehead atoms. The van der Waals surface area contributed by atoms with Crippen LogP contribution in [0.15, 0.2) is 17.2 Å². The number of hydrogen-bond donors (Lipinski definition) is 2. The van der Waals surface area contributed by atoms with Gasteiger partial charge in [0.1, 0.15) is 10.6 Å². The Morgan fingerprint density at radius 2 is 2.14 bits per heavy atom. The molecule has 0 spiro atoms. The summed E-state index contributed by atoms with van der Waals surface area (Å²) in [7, 11) is -3.79. The van der Waals surface area contributed by atoms with Gasteiger partial charge in [0, 0.05) is 18.8 Å². The minimum Gasteiger partial charge on any atom is -0.350 e. The first-order chi connectivity index (χ1) is 9.78. The monoisotopic (exact) mass is 311 g/mol. The number of amides is 1. The highest BCUT2D eigenvalue weighted by Gasteiger charge is 2.37. The van der Waals surface area contributed by atoms with Gasteiger partial charge in [0.15, 0.2) is 0 Å². The fourth-order valence-corrected chi connectivity index (χ4v) is 3.07. The van der Waals surface area contributed by atoms with Crippen LogP contribution in [0.25, 0.3) is 0 Å². The predicted octanol–water partition coefficient (Wildman–Crippen LogP) is 1.39. The van der Waals surface area contributed by atoms with Crippen LogP contribution >= 0.6 is 0 Å². The molecule has 2 aliphatic rings. The van der Waals surface area contributed by atoms with Crippen molar-refractivity contribution in [2.75, 3.05) is 6.54 Å². The van der Waals surface area contributed by atoms with E-state index in [0.29, 0.717) is 12.2 Å². The van der Waals surface area contributed by atoms with Crippen molar-refractivity contribution in [3.8, 4) is 0 Å². The van der Waals surface area contributed by atoms with Crippen molar-refractivity contribution in [2.24, 2.45) is 10.6 Å². The zero-order valence-electron chi connectivity index (χ0n) is 12.1. The van der Waals surface area contributed by atoms with E-state index < -0.39 is 10.0 Å². The lowest BCUT2D eigenvalue weighted by Gasteiger charge is -2.28. The quantitative estimate of drug-likeness (QED) is 0.860. The standard InChI is InChI=1S/C14H21N3O3S/c1-14(5-6-14)9-16-13(18)12-7-11(21(15,19)20)8-17(12)10-3-2-4-10/h7-8,10H,2-6,9H2,1H3,(H,16,18)(H2,15,19,20). The van der Waals surface area contributed by atoms with Gasteiger partial charge in [-0.05, 0) is 43.6 Å². The van der Waals surface area contributed by atoms with E-state index in [2.05, 4.69) is 12.2 Å². The third kappa shape index (κ3) is 2.98. The zero-order chi connectivity index (χ0) is 15.3. The average molecular weight is 311 g/mol. The highest BCUT2D eigenvalue weighted by Crippen LogP contribution is 2.44. The molecule has 0 unspecified atom stereocenters. The zero-order valence-corrected chi connectivity index (χ0v) is 12.9. The largest absolute Gasteiger partial charge is 0.350 e. The number of sulfonamides is 1. The minimum absolute atomic E-state index is 0.0113. The summed E-state index contributed by atoms with van der Waals surface area (Å²) < 4.78 is 24.8. The van der Waals surface area contributed by atoms with E-state index in [1.165, 1.54) is 12.3 Å². The summed E-state index contributed by atoms with van der Waals surface area (Å²) in [6.07, 6.45) is 6.78. The van der Waals surface area contributed by atoms with Crippen molar-refractivity contribution in [1.82, 2.24) is 9.88 Å². The molecule has 1 aromatic heterocycles. The van der Waals surface area contributed by atoms with Crippen LogP contribution in [0, 0.1) is 5.41 Å². The second-order valence-electron chi connectivity index (χ2n) is 6.59. The van der Waals surface area contributed by atoms with E-state index in [9.17, 15) is 13.2 Å². The Morgan fingerprint density at radius 3 is 2.62 bits per heavy atom. The summed E-state index contributed by atoms with van der Waals surface area (Å²) in [5, 5.41) is 8.09. The number of primary sulfonamides is 1. The summed E-state index contributed by atoms with van der Waals surface area (Å²) in [4.78, 5) is 12.4. The maximum atomic E-state index is 12.4. The number of rotatable bonds is 5. The molecule has 1 amide bonds. The van der Waals surface area contributed by atoms with E-state index in [4.69, 9.17) is 5.14 Å². The molecule has 116 valence electrons. The van der Waals surface area contributed by atoms with Crippen LogP contribution in [-0.4, -0.2) is 25.4 Å². The highest BCUT2D eigenvalue weighted by atomic mass is 32.2. The second kappa shape index (κ2) is 4.84. The Morgan fingerprint density at radius 1 is 1.48 bits per heavy atom. The van der Waals surface area contributed by atoms with Crippen LogP contribution in [0.4, 0.5) is 0 Å². The van der Waals surface area contributed by atoms with Gasteiger partial charge in [-0.3, -0.25) is 4.79 Å². The predicted molar refractivity (Wildman–Crippen MR) is 78.4 cm³/mol. The van der Waals surface area contributed by atoms with Crippen LogP contribution in [-0.2, 0) is 10.0 Å². The SMILES string of the molecule is CC1(CNC(=O)c2cc(S(N)(=O)=O)cn2C2CCC2)CC1. The normalized spacial score (nSPS) is 20.9. The lowest BCUT2D eigenvalue weighted by Crippen LogP contribution is -2.32. The molecule has 2 saturated carbocycles. The molecule has 0 saturated heterocycles. The summed E-state index contributed by atoms with van der Waals surface area (Å²) in [6, 6.07) is 1.59. The average Bonchev–Trinajstić information content (AvgIpc) is 2.89. The summed E-state index contributed by atoms with van der Waals surface area (Å²) in [6.45, 7) is 2.76. The molecule has 3 rings (SSSR count). The van der Waals surface area contributed by atoms with Gasteiger partial charge in [-0.25, -0.2) is 13.6 Å². The first-order valence-corrected chi connectivity index (χ1v) is 8.86. The Bertz CT molecular complexity index is 670. The van der Waals surface area contributed by atoms with E-state index >= 15 is 0 Å². The van der Waals surface area contributed by atoms with Crippen molar-refractivity contribution in [1.29, 1.82) is 0 Å². The maximum absolute atomic E-state index is 12.4. The molecular weight excluding hydrogens is 290 g/mol. The molecule has 2 fully saturated rings. The molecule has 6 nitrogen and oxygen atoms in total. The fourth-order valence-electron chi connectivity index (χ4n) is 2.53. The number of carbonyl (C=O) groups excluding carboxylic acids is 1. The Hall–Kier alpha value is -1.34. The van der Waals surface area contributed by atoms with Crippen LogP contribution in [0.2, 0.25) is 0 Å². The van der Waals surface area contributed by atoms with Crippen LogP contribution in [0.3, 0.4) is 0 Å². The molecule has 3 N–H and O–H groups in total. The van der Waals surface area contributed by atoms with Gasteiger partial charge < -0.3 is 9.88 Å². The molecule has 0 radical (unpaired) electrons. The van der Waals surface area contributed by atoms with Gasteiger partial charge in [0.05, 0.1) is 0 Å². The number of carbonyl (C=O) groups is 1. The van der Waals surface area contributed by atoms with Crippen molar-refractivity contribution in [3.05, 3.63) is 18.0 Å². The van der Waals surface area contributed by atoms with E-state index in [1.54, 1.807) is 4.57 Å². The first-order valence-electron chi connectivity index (χ1n) is 7.31. The van der Waals surface area contributed by atoms with E-state index in [0.717, 1.165) is 32.1 Å². The van der Waals surface area contributed by atoms with Gasteiger partial charge in [-0.2, -0.15) is 0 Å². The number of nitrogens with zero attached hydrogens (tertiary/aromatic N) is 1. The third-order valence-electron chi connectivity index (χ3n) is 4.63. The Kier molecular flexibility index (Phi) is 3.37. The molecular formula is C14H21N3O3S. The molecule has 0 aromatic carbocycles. The molecule has 1 aromatic rings. The number of nitrogens with one attached hydrogen (secondary N) is 1. The van der Waals surface area contributed by atoms with Crippen molar-refractivity contribution < 1.29 is 13.2 Å². The second-order valence-corrected chi connectivity index (χ2v) is 8.15. The van der Waals surface area contributed by atoms with Gasteiger partial charge in [0.25, 0.3) is 5.91 Å². The molecule has 1 heterocycles. The number of nitrogens with two attached hydrogens (primary N) is 1. The molecule has 21 heavy (non-hydrogen) atoms. The molecule has 2 aliphatic carbocycles. The minimum atomic E-state index is -3.79. The van der Waals surface area contributed by atoms with Crippen LogP contribution in [0.5, 0.6) is 0 Å². The lowest BCUT2D eigenvalue weighted by molar-refractivity contribution is 0.0931. The number of hydrogen-bond acceptors (Lipinski definition) is 3. The first kappa shape index (κ1) is 14.6. The Balaban J connectivity index is 1.84. The van der Waals surface area contributed by atoms with Crippen LogP contribution in [0.1, 0.15) is 55.6 Å². The summed E-state index contributed by atoms with van der Waals surface area (Å²) in [5.41, 5.74) is 0.611. The third-order valence-corrected chi connectivity index (χ3v) is 5.51. The molecule has 7 heteroatoms. The highest BCUT2D eigenvalue weighted by molar-refractivity contribution is 7.89. The van der Waals surface area contributed by atoms with E-state index in [-0.39, 0.29) is 22.3 Å². The fraction of sp³-hybridized carbons (Fsp3) is 0.643. The van der Waals surface area contributed by atoms with Crippen molar-refractivity contribution in [3.63, 3.8) is 0 Å². The van der Waals surface area contributed by atoms with Crippen LogP contribution < -0.4 is 10.5 Å². The van der Waals surface area contributed by atoms with Gasteiger partial charge >= 0.3 is 0 Å². The summed E-state index contributed by atoms with van der Waals surface area (Å²) >= 11 is 0. The van der Waals surface area contributed by atoms with E-state index in [1.807, 2.05) is 0 Å². The smallest absolute Gasteiger partial charge is 0.267 e. The number of aromatic nitrogens is 1. The lowest BCUT2D eigenvalue weighted by atomic mass is 9.93. The van der Waals surface area contributed by atoms with Gasteiger partial charge in [-0.1, -0.05) is 6.92 Å². The van der Waals surface area contributed by atoms with Crippen molar-refractivity contribution in [2.45, 2.75) is 50.0 Å². The topological polar surface area (TPSA) is 94.2 Å².